The van der Waals surface area contributed by atoms with Gasteiger partial charge in [0.1, 0.15) is 22.6 Å². The van der Waals surface area contributed by atoms with E-state index in [1.54, 1.807) is 12.1 Å². The second-order valence-electron chi connectivity index (χ2n) is 12.6. The van der Waals surface area contributed by atoms with Gasteiger partial charge in [-0.1, -0.05) is 27.6 Å². The van der Waals surface area contributed by atoms with Gasteiger partial charge in [-0.05, 0) is 55.2 Å². The van der Waals surface area contributed by atoms with Crippen LogP contribution >= 0.6 is 15.9 Å². The number of imide groups is 2. The number of carboxylic acids is 2. The van der Waals surface area contributed by atoms with Crippen molar-refractivity contribution in [1.29, 1.82) is 0 Å². The van der Waals surface area contributed by atoms with Gasteiger partial charge in [0, 0.05) is 28.1 Å². The van der Waals surface area contributed by atoms with Crippen LogP contribution in [0.4, 0.5) is 11.4 Å². The molecule has 256 valence electrons. The first-order valence-electron chi connectivity index (χ1n) is 15.4. The quantitative estimate of drug-likeness (QED) is 0.178. The second kappa shape index (κ2) is 11.7. The van der Waals surface area contributed by atoms with Crippen molar-refractivity contribution >= 4 is 62.9 Å². The molecule has 4 amide bonds. The summed E-state index contributed by atoms with van der Waals surface area (Å²) in [6.07, 6.45) is 1.80. The molecular formula is C35H27BrN2O12. The highest BCUT2D eigenvalue weighted by atomic mass is 79.9. The maximum atomic E-state index is 14.3. The summed E-state index contributed by atoms with van der Waals surface area (Å²) >= 11 is 3.42. The van der Waals surface area contributed by atoms with Gasteiger partial charge in [-0.15, -0.1) is 0 Å². The van der Waals surface area contributed by atoms with Gasteiger partial charge >= 0.3 is 11.9 Å². The van der Waals surface area contributed by atoms with Gasteiger partial charge in [0.05, 0.1) is 42.2 Å². The highest BCUT2D eigenvalue weighted by molar-refractivity contribution is 9.10. The number of hydrogen-bond donors (Lipinski definition) is 5. The van der Waals surface area contributed by atoms with Crippen LogP contribution in [0.15, 0.2) is 64.7 Å². The maximum absolute atomic E-state index is 14.3. The standard InChI is InChI=1S/C35H27BrN2O12/c1-50-25-9-13(36)8-21(29(25)41)26-16-6-7-19-27(32(44)37(30(19)42)14-2-4-17(34(46)47)23(39)10-14)20(16)12-22-28(26)33(45)38(31(22)43)15-3-5-18(35(48)49)24(40)11-15/h2-6,8-11,19-20,22,26-28,39-41H,7,12H2,1H3,(H,46,47)(H,48,49)/t19-,20+,22+,26+,27-,28+/m0/s1. The topological polar surface area (TPSA) is 219 Å². The number of methoxy groups -OCH3 is 1. The Kier molecular flexibility index (Phi) is 7.70. The Labute approximate surface area is 290 Å². The fourth-order valence-corrected chi connectivity index (χ4v) is 8.57. The minimum Gasteiger partial charge on any atom is -0.507 e. The molecule has 2 heterocycles. The number of hydrogen-bond acceptors (Lipinski definition) is 10. The third-order valence-corrected chi connectivity index (χ3v) is 10.7. The Morgan fingerprint density at radius 2 is 1.28 bits per heavy atom. The van der Waals surface area contributed by atoms with E-state index in [1.165, 1.54) is 25.3 Å². The van der Waals surface area contributed by atoms with Crippen LogP contribution in [-0.2, 0) is 19.2 Å². The Morgan fingerprint density at radius 3 is 1.80 bits per heavy atom. The lowest BCUT2D eigenvalue weighted by Gasteiger charge is -2.44. The Hall–Kier alpha value is -5.70. The number of carboxylic acid groups (broad SMARTS) is 2. The Bertz CT molecular complexity index is 2110. The summed E-state index contributed by atoms with van der Waals surface area (Å²) < 4.78 is 5.87. The Morgan fingerprint density at radius 1 is 0.740 bits per heavy atom. The van der Waals surface area contributed by atoms with Crippen LogP contribution in [0.1, 0.15) is 45.0 Å². The van der Waals surface area contributed by atoms with Crippen molar-refractivity contribution in [2.75, 3.05) is 16.9 Å². The number of halogens is 1. The van der Waals surface area contributed by atoms with E-state index in [1.807, 2.05) is 0 Å². The van der Waals surface area contributed by atoms with Crippen molar-refractivity contribution < 1.29 is 59.0 Å². The molecule has 4 aliphatic rings. The number of ether oxygens (including phenoxy) is 1. The lowest BCUT2D eigenvalue weighted by Crippen LogP contribution is -2.43. The van der Waals surface area contributed by atoms with Crippen molar-refractivity contribution in [1.82, 2.24) is 0 Å². The number of fused-ring (bicyclic) bond motifs is 4. The number of aromatic carboxylic acids is 2. The van der Waals surface area contributed by atoms with E-state index in [2.05, 4.69) is 15.9 Å². The van der Waals surface area contributed by atoms with Gasteiger partial charge in [-0.3, -0.25) is 19.2 Å². The molecule has 5 N–H and O–H groups in total. The molecule has 15 heteroatoms. The summed E-state index contributed by atoms with van der Waals surface area (Å²) in [6.45, 7) is 0. The number of phenols is 3. The molecule has 0 radical (unpaired) electrons. The van der Waals surface area contributed by atoms with Crippen molar-refractivity contribution in [3.05, 3.63) is 81.3 Å². The van der Waals surface area contributed by atoms with Crippen LogP contribution in [0.2, 0.25) is 0 Å². The average molecular weight is 748 g/mol. The van der Waals surface area contributed by atoms with E-state index in [0.717, 1.165) is 34.1 Å². The number of nitrogens with zero attached hydrogens (tertiary/aromatic N) is 2. The first-order valence-corrected chi connectivity index (χ1v) is 16.2. The maximum Gasteiger partial charge on any atom is 0.339 e. The summed E-state index contributed by atoms with van der Waals surface area (Å²) in [4.78, 5) is 81.3. The molecule has 2 aliphatic heterocycles. The van der Waals surface area contributed by atoms with Crippen LogP contribution in [0.25, 0.3) is 0 Å². The fourth-order valence-electron chi connectivity index (χ4n) is 8.11. The van der Waals surface area contributed by atoms with E-state index in [-0.39, 0.29) is 41.3 Å². The molecule has 7 rings (SSSR count). The smallest absolute Gasteiger partial charge is 0.339 e. The highest BCUT2D eigenvalue weighted by Crippen LogP contribution is 2.60. The van der Waals surface area contributed by atoms with Crippen molar-refractivity contribution in [3.63, 3.8) is 0 Å². The SMILES string of the molecule is COc1cc(Br)cc([C@H]2C3=CC[C@@H]4C(=O)N(c5ccc(C(=O)O)c(O)c5)C(=O)[C@@H]4[C@@H]3C[C@H]3C(=O)N(c4ccc(C(=O)O)c(O)c4)C(=O)[C@@H]23)c1O. The number of anilines is 2. The van der Waals surface area contributed by atoms with Gasteiger partial charge < -0.3 is 30.3 Å². The first kappa shape index (κ1) is 32.8. The molecule has 2 saturated heterocycles. The molecule has 50 heavy (non-hydrogen) atoms. The first-order chi connectivity index (χ1) is 23.7. The number of allylic oxidation sites excluding steroid dienone is 2. The molecule has 6 atom stereocenters. The van der Waals surface area contributed by atoms with E-state index in [9.17, 15) is 54.3 Å². The number of amides is 4. The molecule has 3 aromatic rings. The fraction of sp³-hybridized carbons (Fsp3) is 0.257. The molecule has 0 unspecified atom stereocenters. The van der Waals surface area contributed by atoms with Crippen molar-refractivity contribution in [2.24, 2.45) is 29.6 Å². The molecule has 0 aromatic heterocycles. The molecule has 3 aromatic carbocycles. The van der Waals surface area contributed by atoms with Crippen LogP contribution in [0.3, 0.4) is 0 Å². The molecule has 3 fully saturated rings. The Balaban J connectivity index is 1.35. The monoisotopic (exact) mass is 746 g/mol. The number of aromatic hydroxyl groups is 3. The highest BCUT2D eigenvalue weighted by Gasteiger charge is 2.62. The van der Waals surface area contributed by atoms with Crippen LogP contribution in [-0.4, -0.2) is 68.2 Å². The van der Waals surface area contributed by atoms with Crippen molar-refractivity contribution in [3.8, 4) is 23.0 Å². The molecule has 14 nitrogen and oxygen atoms in total. The predicted molar refractivity (Wildman–Crippen MR) is 175 cm³/mol. The summed E-state index contributed by atoms with van der Waals surface area (Å²) in [5.41, 5.74) is -0.154. The zero-order valence-electron chi connectivity index (χ0n) is 25.9. The third kappa shape index (κ3) is 4.75. The van der Waals surface area contributed by atoms with Crippen LogP contribution in [0.5, 0.6) is 23.0 Å². The lowest BCUT2D eigenvalue weighted by molar-refractivity contribution is -0.126. The predicted octanol–water partition coefficient (Wildman–Crippen LogP) is 4.02. The summed E-state index contributed by atoms with van der Waals surface area (Å²) in [5.74, 6) is -12.6. The minimum absolute atomic E-state index is 0.0269. The van der Waals surface area contributed by atoms with Gasteiger partial charge in [-0.25, -0.2) is 19.4 Å². The van der Waals surface area contributed by atoms with E-state index >= 15 is 0 Å². The largest absolute Gasteiger partial charge is 0.507 e. The zero-order chi connectivity index (χ0) is 35.9. The van der Waals surface area contributed by atoms with E-state index < -0.39 is 93.7 Å². The minimum atomic E-state index is -1.41. The van der Waals surface area contributed by atoms with E-state index in [0.29, 0.717) is 10.0 Å². The summed E-state index contributed by atoms with van der Waals surface area (Å²) in [7, 11) is 1.35. The van der Waals surface area contributed by atoms with E-state index in [4.69, 9.17) is 4.74 Å². The van der Waals surface area contributed by atoms with Crippen LogP contribution in [0, 0.1) is 29.6 Å². The second-order valence-corrected chi connectivity index (χ2v) is 13.5. The number of rotatable bonds is 6. The molecule has 1 saturated carbocycles. The van der Waals surface area contributed by atoms with Gasteiger partial charge in [0.2, 0.25) is 23.6 Å². The number of phenolic OH excluding ortho intramolecular Hbond substituents is 1. The summed E-state index contributed by atoms with van der Waals surface area (Å²) in [6, 6.07) is 9.78. The average Bonchev–Trinajstić information content (AvgIpc) is 3.47. The lowest BCUT2D eigenvalue weighted by atomic mass is 9.57. The zero-order valence-corrected chi connectivity index (χ0v) is 27.5. The molecule has 0 bridgehead atoms. The van der Waals surface area contributed by atoms with Gasteiger partial charge in [-0.2, -0.15) is 0 Å². The van der Waals surface area contributed by atoms with Crippen LogP contribution < -0.4 is 14.5 Å². The summed E-state index contributed by atoms with van der Waals surface area (Å²) in [5, 5.41) is 50.9. The molecular weight excluding hydrogens is 720 g/mol. The molecule has 0 spiro atoms. The third-order valence-electron chi connectivity index (χ3n) is 10.2. The van der Waals surface area contributed by atoms with Gasteiger partial charge in [0.25, 0.3) is 0 Å². The number of benzene rings is 3. The van der Waals surface area contributed by atoms with Crippen molar-refractivity contribution in [2.45, 2.75) is 18.8 Å². The van der Waals surface area contributed by atoms with Gasteiger partial charge in [0.15, 0.2) is 11.5 Å². The molecule has 2 aliphatic carbocycles. The normalized spacial score (nSPS) is 25.6. The number of carbonyl (C=O) groups excluding carboxylic acids is 4. The number of carbonyl (C=O) groups is 6.